The fourth-order valence-electron chi connectivity index (χ4n) is 2.94. The summed E-state index contributed by atoms with van der Waals surface area (Å²) in [5, 5.41) is 8.09. The number of nitrogens with zero attached hydrogens (tertiary/aromatic N) is 2. The Morgan fingerprint density at radius 3 is 2.59 bits per heavy atom. The Kier molecular flexibility index (Phi) is 4.21. The molecule has 1 aliphatic rings. The molecule has 0 unspecified atom stereocenters. The highest BCUT2D eigenvalue weighted by atomic mass is 15.3. The molecule has 1 saturated heterocycles. The SMILES string of the molecule is CCc1c(C)nn(CCC2CCNCC2)c1C. The Morgan fingerprint density at radius 1 is 1.29 bits per heavy atom. The van der Waals surface area contributed by atoms with Crippen LogP contribution in [0.3, 0.4) is 0 Å². The summed E-state index contributed by atoms with van der Waals surface area (Å²) in [6.07, 6.45) is 5.05. The van der Waals surface area contributed by atoms with E-state index in [4.69, 9.17) is 0 Å². The molecule has 0 bridgehead atoms. The third kappa shape index (κ3) is 2.89. The molecular weight excluding hydrogens is 210 g/mol. The number of hydrogen-bond donors (Lipinski definition) is 1. The Bertz CT molecular complexity index is 362. The van der Waals surface area contributed by atoms with Crippen LogP contribution in [0.25, 0.3) is 0 Å². The van der Waals surface area contributed by atoms with Gasteiger partial charge in [-0.3, -0.25) is 4.68 Å². The first-order valence-corrected chi connectivity index (χ1v) is 6.96. The zero-order valence-electron chi connectivity index (χ0n) is 11.4. The number of aryl methyl sites for hydroxylation is 2. The van der Waals surface area contributed by atoms with Crippen molar-refractivity contribution in [1.29, 1.82) is 0 Å². The van der Waals surface area contributed by atoms with E-state index < -0.39 is 0 Å². The fraction of sp³-hybridized carbons (Fsp3) is 0.786. The molecule has 0 amide bonds. The van der Waals surface area contributed by atoms with Crippen LogP contribution in [0.2, 0.25) is 0 Å². The number of aromatic nitrogens is 2. The maximum absolute atomic E-state index is 4.67. The lowest BCUT2D eigenvalue weighted by atomic mass is 9.95. The average molecular weight is 235 g/mol. The van der Waals surface area contributed by atoms with Gasteiger partial charge in [-0.05, 0) is 64.1 Å². The van der Waals surface area contributed by atoms with Gasteiger partial charge in [-0.25, -0.2) is 0 Å². The van der Waals surface area contributed by atoms with E-state index in [1.54, 1.807) is 0 Å². The van der Waals surface area contributed by atoms with Gasteiger partial charge in [-0.2, -0.15) is 5.10 Å². The van der Waals surface area contributed by atoms with E-state index in [1.165, 1.54) is 49.3 Å². The first kappa shape index (κ1) is 12.6. The summed E-state index contributed by atoms with van der Waals surface area (Å²) in [5.74, 6) is 0.894. The Hall–Kier alpha value is -0.830. The van der Waals surface area contributed by atoms with E-state index in [0.717, 1.165) is 18.9 Å². The van der Waals surface area contributed by atoms with Crippen molar-refractivity contribution in [1.82, 2.24) is 15.1 Å². The molecule has 2 heterocycles. The van der Waals surface area contributed by atoms with Crippen molar-refractivity contribution in [2.75, 3.05) is 13.1 Å². The molecule has 0 aliphatic carbocycles. The summed E-state index contributed by atoms with van der Waals surface area (Å²) in [4.78, 5) is 0. The molecule has 1 aromatic rings. The maximum atomic E-state index is 4.67. The molecule has 3 nitrogen and oxygen atoms in total. The first-order chi connectivity index (χ1) is 8.22. The van der Waals surface area contributed by atoms with Crippen LogP contribution in [-0.4, -0.2) is 22.9 Å². The first-order valence-electron chi connectivity index (χ1n) is 6.96. The molecule has 1 aliphatic heterocycles. The van der Waals surface area contributed by atoms with Gasteiger partial charge in [-0.15, -0.1) is 0 Å². The lowest BCUT2D eigenvalue weighted by Crippen LogP contribution is -2.28. The van der Waals surface area contributed by atoms with E-state index in [1.807, 2.05) is 0 Å². The molecule has 17 heavy (non-hydrogen) atoms. The zero-order chi connectivity index (χ0) is 12.3. The fourth-order valence-corrected chi connectivity index (χ4v) is 2.94. The number of nitrogens with one attached hydrogen (secondary N) is 1. The van der Waals surface area contributed by atoms with Crippen LogP contribution >= 0.6 is 0 Å². The van der Waals surface area contributed by atoms with Crippen LogP contribution in [0, 0.1) is 19.8 Å². The largest absolute Gasteiger partial charge is 0.317 e. The van der Waals surface area contributed by atoms with Gasteiger partial charge in [0.05, 0.1) is 5.69 Å². The molecule has 2 rings (SSSR count). The molecular formula is C14H25N3. The predicted octanol–water partition coefficient (Wildman–Crippen LogP) is 2.45. The van der Waals surface area contributed by atoms with Gasteiger partial charge in [-0.1, -0.05) is 6.92 Å². The van der Waals surface area contributed by atoms with Gasteiger partial charge < -0.3 is 5.32 Å². The lowest BCUT2D eigenvalue weighted by molar-refractivity contribution is 0.330. The van der Waals surface area contributed by atoms with Crippen molar-refractivity contribution in [3.8, 4) is 0 Å². The topological polar surface area (TPSA) is 29.9 Å². The highest BCUT2D eigenvalue weighted by molar-refractivity contribution is 5.24. The van der Waals surface area contributed by atoms with Crippen LogP contribution < -0.4 is 5.32 Å². The maximum Gasteiger partial charge on any atom is 0.0628 e. The highest BCUT2D eigenvalue weighted by Gasteiger charge is 2.15. The summed E-state index contributed by atoms with van der Waals surface area (Å²) >= 11 is 0. The van der Waals surface area contributed by atoms with Crippen LogP contribution in [0.4, 0.5) is 0 Å². The standard InChI is InChI=1S/C14H25N3/c1-4-14-11(2)16-17(12(14)3)10-7-13-5-8-15-9-6-13/h13,15H,4-10H2,1-3H3. The molecule has 1 fully saturated rings. The van der Waals surface area contributed by atoms with Gasteiger partial charge >= 0.3 is 0 Å². The van der Waals surface area contributed by atoms with E-state index >= 15 is 0 Å². The average Bonchev–Trinajstić information content (AvgIpc) is 2.63. The van der Waals surface area contributed by atoms with Gasteiger partial charge in [0.15, 0.2) is 0 Å². The van der Waals surface area contributed by atoms with Crippen LogP contribution in [0.5, 0.6) is 0 Å². The summed E-state index contributed by atoms with van der Waals surface area (Å²) in [6, 6.07) is 0. The molecule has 0 radical (unpaired) electrons. The van der Waals surface area contributed by atoms with Crippen molar-refractivity contribution in [2.24, 2.45) is 5.92 Å². The van der Waals surface area contributed by atoms with Gasteiger partial charge in [0.1, 0.15) is 0 Å². The van der Waals surface area contributed by atoms with Gasteiger partial charge in [0, 0.05) is 12.2 Å². The Morgan fingerprint density at radius 2 is 2.00 bits per heavy atom. The number of hydrogen-bond acceptors (Lipinski definition) is 2. The summed E-state index contributed by atoms with van der Waals surface area (Å²) in [6.45, 7) is 10.0. The minimum absolute atomic E-state index is 0.894. The number of rotatable bonds is 4. The third-order valence-corrected chi connectivity index (χ3v) is 4.09. The van der Waals surface area contributed by atoms with E-state index in [9.17, 15) is 0 Å². The molecule has 3 heteroatoms. The smallest absolute Gasteiger partial charge is 0.0628 e. The predicted molar refractivity (Wildman–Crippen MR) is 71.3 cm³/mol. The molecule has 0 spiro atoms. The van der Waals surface area contributed by atoms with Crippen molar-refractivity contribution in [3.63, 3.8) is 0 Å². The van der Waals surface area contributed by atoms with Crippen molar-refractivity contribution >= 4 is 0 Å². The second kappa shape index (κ2) is 5.67. The van der Waals surface area contributed by atoms with Gasteiger partial charge in [0.25, 0.3) is 0 Å². The van der Waals surface area contributed by atoms with E-state index in [-0.39, 0.29) is 0 Å². The van der Waals surface area contributed by atoms with E-state index in [0.29, 0.717) is 0 Å². The molecule has 1 aromatic heterocycles. The van der Waals surface area contributed by atoms with Crippen LogP contribution in [0.15, 0.2) is 0 Å². The Balaban J connectivity index is 1.94. The summed E-state index contributed by atoms with van der Waals surface area (Å²) < 4.78 is 2.22. The molecule has 0 saturated carbocycles. The lowest BCUT2D eigenvalue weighted by Gasteiger charge is -2.22. The molecule has 0 atom stereocenters. The van der Waals surface area contributed by atoms with Crippen LogP contribution in [0.1, 0.15) is 43.1 Å². The van der Waals surface area contributed by atoms with E-state index in [2.05, 4.69) is 35.9 Å². The third-order valence-electron chi connectivity index (χ3n) is 4.09. The normalized spacial score (nSPS) is 17.6. The summed E-state index contributed by atoms with van der Waals surface area (Å²) in [7, 11) is 0. The monoisotopic (exact) mass is 235 g/mol. The second-order valence-electron chi connectivity index (χ2n) is 5.21. The minimum atomic E-state index is 0.894. The Labute approximate surface area is 105 Å². The van der Waals surface area contributed by atoms with Crippen molar-refractivity contribution in [3.05, 3.63) is 17.0 Å². The molecule has 96 valence electrons. The molecule has 0 aromatic carbocycles. The van der Waals surface area contributed by atoms with Crippen molar-refractivity contribution in [2.45, 2.75) is 53.0 Å². The quantitative estimate of drug-likeness (QED) is 0.869. The minimum Gasteiger partial charge on any atom is -0.317 e. The van der Waals surface area contributed by atoms with Crippen molar-refractivity contribution < 1.29 is 0 Å². The highest BCUT2D eigenvalue weighted by Crippen LogP contribution is 2.19. The van der Waals surface area contributed by atoms with Gasteiger partial charge in [0.2, 0.25) is 0 Å². The second-order valence-corrected chi connectivity index (χ2v) is 5.21. The number of piperidine rings is 1. The van der Waals surface area contributed by atoms with Crippen LogP contribution in [-0.2, 0) is 13.0 Å². The zero-order valence-corrected chi connectivity index (χ0v) is 11.4. The summed E-state index contributed by atoms with van der Waals surface area (Å²) in [5.41, 5.74) is 4.03. The molecule has 1 N–H and O–H groups in total.